The molecule has 0 radical (unpaired) electrons. The second kappa shape index (κ2) is 6.06. The van der Waals surface area contributed by atoms with E-state index in [9.17, 15) is 9.59 Å². The van der Waals surface area contributed by atoms with Crippen LogP contribution >= 0.6 is 11.8 Å². The minimum absolute atomic E-state index is 0.0736. The number of aromatic carboxylic acids is 1. The lowest BCUT2D eigenvalue weighted by molar-refractivity contribution is 0.0698. The van der Waals surface area contributed by atoms with Gasteiger partial charge in [-0.15, -0.1) is 0 Å². The van der Waals surface area contributed by atoms with Gasteiger partial charge in [-0.2, -0.15) is 0 Å². The number of hydrogen-bond acceptors (Lipinski definition) is 3. The maximum Gasteiger partial charge on any atom is 0.337 e. The molecule has 0 spiro atoms. The number of amides is 1. The molecule has 96 valence electrons. The first-order valence-corrected chi connectivity index (χ1v) is 6.34. The van der Waals surface area contributed by atoms with Crippen LogP contribution in [0.4, 0.5) is 10.5 Å². The molecule has 0 heterocycles. The van der Waals surface area contributed by atoms with E-state index in [1.54, 1.807) is 18.2 Å². The number of carboxylic acids is 1. The van der Waals surface area contributed by atoms with Crippen molar-refractivity contribution in [3.63, 3.8) is 0 Å². The summed E-state index contributed by atoms with van der Waals surface area (Å²) in [5.74, 6) is -1.07. The summed E-state index contributed by atoms with van der Waals surface area (Å²) in [4.78, 5) is 23.6. The Kier molecular flexibility index (Phi) is 4.20. The molecular weight excluding hydrogens is 262 g/mol. The molecule has 0 aliphatic carbocycles. The van der Waals surface area contributed by atoms with Crippen molar-refractivity contribution in [1.82, 2.24) is 0 Å². The van der Waals surface area contributed by atoms with Crippen LogP contribution < -0.4 is 5.32 Å². The number of benzene rings is 2. The lowest BCUT2D eigenvalue weighted by Gasteiger charge is -2.07. The van der Waals surface area contributed by atoms with Gasteiger partial charge in [0.2, 0.25) is 0 Å². The van der Waals surface area contributed by atoms with Crippen LogP contribution in [0.1, 0.15) is 10.4 Å². The van der Waals surface area contributed by atoms with E-state index in [0.717, 1.165) is 16.7 Å². The van der Waals surface area contributed by atoms with Crippen molar-refractivity contribution in [2.45, 2.75) is 4.90 Å². The number of thioether (sulfide) groups is 1. The summed E-state index contributed by atoms with van der Waals surface area (Å²) in [5.41, 5.74) is 0.368. The van der Waals surface area contributed by atoms with Crippen LogP contribution in [-0.2, 0) is 0 Å². The Morgan fingerprint density at radius 2 is 1.58 bits per heavy atom. The molecule has 0 saturated heterocycles. The summed E-state index contributed by atoms with van der Waals surface area (Å²) < 4.78 is 0. The summed E-state index contributed by atoms with van der Waals surface area (Å²) in [7, 11) is 0. The van der Waals surface area contributed by atoms with Crippen molar-refractivity contribution in [3.05, 3.63) is 60.2 Å². The first-order chi connectivity index (χ1) is 9.16. The topological polar surface area (TPSA) is 66.4 Å². The highest BCUT2D eigenvalue weighted by Gasteiger charge is 2.12. The van der Waals surface area contributed by atoms with Crippen LogP contribution in [0.2, 0.25) is 0 Å². The second-order valence-electron chi connectivity index (χ2n) is 3.68. The summed E-state index contributed by atoms with van der Waals surface area (Å²) in [6.07, 6.45) is 0. The van der Waals surface area contributed by atoms with E-state index in [0.29, 0.717) is 5.69 Å². The standard InChI is InChI=1S/C14H11NO3S/c16-13(17)11-8-4-5-9-12(11)15-14(18)19-10-6-2-1-3-7-10/h1-9H,(H,15,18)(H,16,17). The lowest BCUT2D eigenvalue weighted by Crippen LogP contribution is -2.09. The molecule has 19 heavy (non-hydrogen) atoms. The third kappa shape index (κ3) is 3.59. The molecule has 0 aliphatic rings. The number of carbonyl (C=O) groups is 2. The predicted molar refractivity (Wildman–Crippen MR) is 74.7 cm³/mol. The molecule has 2 aromatic rings. The second-order valence-corrected chi connectivity index (χ2v) is 4.72. The van der Waals surface area contributed by atoms with Crippen molar-refractivity contribution >= 4 is 28.7 Å². The van der Waals surface area contributed by atoms with E-state index >= 15 is 0 Å². The Bertz CT molecular complexity index is 599. The molecular formula is C14H11NO3S. The monoisotopic (exact) mass is 273 g/mol. The van der Waals surface area contributed by atoms with Crippen LogP contribution in [0, 0.1) is 0 Å². The van der Waals surface area contributed by atoms with Gasteiger partial charge in [-0.3, -0.25) is 4.79 Å². The summed E-state index contributed by atoms with van der Waals surface area (Å²) in [5, 5.41) is 11.3. The van der Waals surface area contributed by atoms with E-state index in [1.807, 2.05) is 30.3 Å². The smallest absolute Gasteiger partial charge is 0.337 e. The Hall–Kier alpha value is -2.27. The zero-order valence-corrected chi connectivity index (χ0v) is 10.7. The Morgan fingerprint density at radius 1 is 0.947 bits per heavy atom. The SMILES string of the molecule is O=C(Nc1ccccc1C(=O)O)Sc1ccccc1. The molecule has 0 unspecified atom stereocenters. The van der Waals surface area contributed by atoms with Crippen molar-refractivity contribution in [2.24, 2.45) is 0 Å². The fraction of sp³-hybridized carbons (Fsp3) is 0. The van der Waals surface area contributed by atoms with E-state index in [2.05, 4.69) is 5.32 Å². The number of nitrogens with one attached hydrogen (secondary N) is 1. The van der Waals surface area contributed by atoms with Crippen LogP contribution in [0.25, 0.3) is 0 Å². The van der Waals surface area contributed by atoms with E-state index in [-0.39, 0.29) is 10.8 Å². The quantitative estimate of drug-likeness (QED) is 0.837. The van der Waals surface area contributed by atoms with Crippen molar-refractivity contribution < 1.29 is 14.7 Å². The first kappa shape index (κ1) is 13.2. The molecule has 2 aromatic carbocycles. The number of carboxylic acid groups (broad SMARTS) is 1. The fourth-order valence-corrected chi connectivity index (χ4v) is 2.18. The van der Waals surface area contributed by atoms with Crippen LogP contribution in [0.15, 0.2) is 59.5 Å². The molecule has 0 aromatic heterocycles. The van der Waals surface area contributed by atoms with Crippen molar-refractivity contribution in [3.8, 4) is 0 Å². The van der Waals surface area contributed by atoms with Gasteiger partial charge in [-0.05, 0) is 36.0 Å². The molecule has 2 N–H and O–H groups in total. The number of carbonyl (C=O) groups excluding carboxylic acids is 1. The molecule has 0 bridgehead atoms. The molecule has 1 amide bonds. The van der Waals surface area contributed by atoms with Gasteiger partial charge in [0.15, 0.2) is 0 Å². The number of hydrogen-bond donors (Lipinski definition) is 2. The molecule has 0 saturated carbocycles. The third-order valence-electron chi connectivity index (χ3n) is 2.35. The fourth-order valence-electron chi connectivity index (χ4n) is 1.51. The third-order valence-corrected chi connectivity index (χ3v) is 3.14. The lowest BCUT2D eigenvalue weighted by atomic mass is 10.2. The average Bonchev–Trinajstić information content (AvgIpc) is 2.40. The van der Waals surface area contributed by atoms with Gasteiger partial charge >= 0.3 is 5.97 Å². The summed E-state index contributed by atoms with van der Waals surface area (Å²) >= 11 is 1.02. The maximum atomic E-state index is 11.8. The largest absolute Gasteiger partial charge is 0.478 e. The number of para-hydroxylation sites is 1. The van der Waals surface area contributed by atoms with Crippen molar-refractivity contribution in [1.29, 1.82) is 0 Å². The van der Waals surface area contributed by atoms with Gasteiger partial charge in [0.25, 0.3) is 5.24 Å². The summed E-state index contributed by atoms with van der Waals surface area (Å²) in [6, 6.07) is 15.5. The van der Waals surface area contributed by atoms with E-state index in [1.165, 1.54) is 6.07 Å². The maximum absolute atomic E-state index is 11.8. The highest BCUT2D eigenvalue weighted by Crippen LogP contribution is 2.22. The zero-order valence-electron chi connectivity index (χ0n) is 9.87. The van der Waals surface area contributed by atoms with E-state index in [4.69, 9.17) is 5.11 Å². The van der Waals surface area contributed by atoms with Gasteiger partial charge in [-0.25, -0.2) is 4.79 Å². The average molecular weight is 273 g/mol. The molecule has 0 fully saturated rings. The van der Waals surface area contributed by atoms with Crippen molar-refractivity contribution in [2.75, 3.05) is 5.32 Å². The minimum Gasteiger partial charge on any atom is -0.478 e. The molecule has 2 rings (SSSR count). The van der Waals surface area contributed by atoms with Gasteiger partial charge in [0.1, 0.15) is 0 Å². The summed E-state index contributed by atoms with van der Waals surface area (Å²) in [6.45, 7) is 0. The highest BCUT2D eigenvalue weighted by atomic mass is 32.2. The van der Waals surface area contributed by atoms with Crippen LogP contribution in [0.3, 0.4) is 0 Å². The molecule has 4 nitrogen and oxygen atoms in total. The highest BCUT2D eigenvalue weighted by molar-refractivity contribution is 8.13. The minimum atomic E-state index is -1.07. The Morgan fingerprint density at radius 3 is 2.26 bits per heavy atom. The van der Waals surface area contributed by atoms with Gasteiger partial charge in [0, 0.05) is 4.90 Å². The van der Waals surface area contributed by atoms with Gasteiger partial charge < -0.3 is 10.4 Å². The van der Waals surface area contributed by atoms with Crippen LogP contribution in [0.5, 0.6) is 0 Å². The van der Waals surface area contributed by atoms with Gasteiger partial charge in [-0.1, -0.05) is 30.3 Å². The Labute approximate surface area is 114 Å². The zero-order chi connectivity index (χ0) is 13.7. The normalized spacial score (nSPS) is 9.89. The Balaban J connectivity index is 2.09. The predicted octanol–water partition coefficient (Wildman–Crippen LogP) is 3.71. The molecule has 0 atom stereocenters. The number of anilines is 1. The van der Waals surface area contributed by atoms with Gasteiger partial charge in [0.05, 0.1) is 11.3 Å². The van der Waals surface area contributed by atoms with E-state index < -0.39 is 5.97 Å². The molecule has 0 aliphatic heterocycles. The first-order valence-electron chi connectivity index (χ1n) is 5.53. The number of rotatable bonds is 3. The van der Waals surface area contributed by atoms with Crippen LogP contribution in [-0.4, -0.2) is 16.3 Å². The molecule has 5 heteroatoms.